The van der Waals surface area contributed by atoms with Crippen molar-refractivity contribution in [2.24, 2.45) is 5.73 Å². The van der Waals surface area contributed by atoms with E-state index in [2.05, 4.69) is 4.90 Å². The van der Waals surface area contributed by atoms with Crippen molar-refractivity contribution in [1.82, 2.24) is 4.90 Å². The molecule has 0 spiro atoms. The summed E-state index contributed by atoms with van der Waals surface area (Å²) >= 11 is 0. The maximum atomic E-state index is 11.2. The van der Waals surface area contributed by atoms with Crippen LogP contribution < -0.4 is 5.73 Å². The van der Waals surface area contributed by atoms with E-state index < -0.39 is 6.10 Å². The first-order valence-electron chi connectivity index (χ1n) is 6.44. The zero-order valence-corrected chi connectivity index (χ0v) is 10.4. The van der Waals surface area contributed by atoms with E-state index in [9.17, 15) is 4.79 Å². The van der Waals surface area contributed by atoms with Gasteiger partial charge >= 0.3 is 0 Å². The second-order valence-corrected chi connectivity index (χ2v) is 5.04. The molecular formula is C12H22N2O3. The van der Waals surface area contributed by atoms with Gasteiger partial charge in [0.2, 0.25) is 5.91 Å². The second-order valence-electron chi connectivity index (χ2n) is 5.04. The molecule has 2 aliphatic heterocycles. The van der Waals surface area contributed by atoms with E-state index in [0.29, 0.717) is 12.6 Å². The van der Waals surface area contributed by atoms with Crippen LogP contribution in [0.3, 0.4) is 0 Å². The Hall–Kier alpha value is -0.650. The minimum absolute atomic E-state index is 0.0600. The van der Waals surface area contributed by atoms with Crippen LogP contribution >= 0.6 is 0 Å². The maximum absolute atomic E-state index is 11.2. The summed E-state index contributed by atoms with van der Waals surface area (Å²) in [4.78, 5) is 13.4. The molecule has 17 heavy (non-hydrogen) atoms. The number of nitrogens with two attached hydrogens (primary N) is 1. The Kier molecular flexibility index (Phi) is 4.36. The van der Waals surface area contributed by atoms with E-state index in [1.54, 1.807) is 0 Å². The molecule has 5 nitrogen and oxygen atoms in total. The lowest BCUT2D eigenvalue weighted by Crippen LogP contribution is -2.53. The number of carbonyl (C=O) groups excluding carboxylic acids is 1. The van der Waals surface area contributed by atoms with Crippen LogP contribution in [0.1, 0.15) is 26.2 Å². The molecule has 2 aliphatic rings. The number of amides is 1. The Morgan fingerprint density at radius 1 is 1.41 bits per heavy atom. The molecule has 2 fully saturated rings. The summed E-state index contributed by atoms with van der Waals surface area (Å²) in [5, 5.41) is 0. The van der Waals surface area contributed by atoms with Crippen LogP contribution in [0.15, 0.2) is 0 Å². The van der Waals surface area contributed by atoms with Gasteiger partial charge in [-0.2, -0.15) is 0 Å². The van der Waals surface area contributed by atoms with Crippen LogP contribution in [0.5, 0.6) is 0 Å². The van der Waals surface area contributed by atoms with E-state index in [1.165, 1.54) is 12.8 Å². The molecule has 2 N–H and O–H groups in total. The van der Waals surface area contributed by atoms with Gasteiger partial charge in [-0.15, -0.1) is 0 Å². The van der Waals surface area contributed by atoms with Crippen LogP contribution in [-0.2, 0) is 14.3 Å². The van der Waals surface area contributed by atoms with Gasteiger partial charge in [-0.05, 0) is 26.2 Å². The molecule has 1 amide bonds. The van der Waals surface area contributed by atoms with E-state index >= 15 is 0 Å². The predicted molar refractivity (Wildman–Crippen MR) is 63.6 cm³/mol. The number of morpholine rings is 1. The molecule has 0 radical (unpaired) electrons. The average Bonchev–Trinajstić information content (AvgIpc) is 2.29. The van der Waals surface area contributed by atoms with Crippen molar-refractivity contribution in [2.75, 3.05) is 26.2 Å². The molecule has 2 rings (SSSR count). The van der Waals surface area contributed by atoms with Crippen LogP contribution in [0.2, 0.25) is 0 Å². The quantitative estimate of drug-likeness (QED) is 0.764. The van der Waals surface area contributed by atoms with Crippen molar-refractivity contribution < 1.29 is 14.3 Å². The first-order valence-corrected chi connectivity index (χ1v) is 6.44. The molecule has 0 saturated carbocycles. The lowest BCUT2D eigenvalue weighted by atomic mass is 10.1. The fourth-order valence-corrected chi connectivity index (χ4v) is 2.58. The minimum Gasteiger partial charge on any atom is -0.377 e. The number of hydrogen-bond acceptors (Lipinski definition) is 4. The Morgan fingerprint density at radius 2 is 2.24 bits per heavy atom. The summed E-state index contributed by atoms with van der Waals surface area (Å²) < 4.78 is 11.2. The van der Waals surface area contributed by atoms with Crippen molar-refractivity contribution >= 4 is 5.91 Å². The zero-order valence-electron chi connectivity index (χ0n) is 10.4. The molecule has 0 aromatic rings. The largest absolute Gasteiger partial charge is 0.377 e. The highest BCUT2D eigenvalue weighted by Crippen LogP contribution is 2.17. The number of rotatable bonds is 3. The SMILES string of the molecule is C[C@@H]1CN(C[C@@H]2CCCCO2)C[C@@H](C(N)=O)O1. The molecule has 0 aromatic heterocycles. The molecule has 0 aliphatic carbocycles. The number of ether oxygens (including phenoxy) is 2. The summed E-state index contributed by atoms with van der Waals surface area (Å²) in [5.74, 6) is -0.369. The van der Waals surface area contributed by atoms with Gasteiger partial charge in [-0.25, -0.2) is 0 Å². The molecule has 5 heteroatoms. The van der Waals surface area contributed by atoms with Gasteiger partial charge in [0.05, 0.1) is 12.2 Å². The van der Waals surface area contributed by atoms with Crippen molar-refractivity contribution in [3.63, 3.8) is 0 Å². The fourth-order valence-electron chi connectivity index (χ4n) is 2.58. The standard InChI is InChI=1S/C12H22N2O3/c1-9-6-14(8-11(17-9)12(13)15)7-10-4-2-3-5-16-10/h9-11H,2-8H2,1H3,(H2,13,15)/t9-,10+,11+/m1/s1. The molecule has 3 atom stereocenters. The van der Waals surface area contributed by atoms with E-state index in [-0.39, 0.29) is 12.0 Å². The number of carbonyl (C=O) groups is 1. The Labute approximate surface area is 102 Å². The minimum atomic E-state index is -0.470. The van der Waals surface area contributed by atoms with Gasteiger partial charge in [0, 0.05) is 26.2 Å². The predicted octanol–water partition coefficient (Wildman–Crippen LogP) is 0.130. The molecule has 0 unspecified atom stereocenters. The van der Waals surface area contributed by atoms with Gasteiger partial charge in [0.1, 0.15) is 6.10 Å². The van der Waals surface area contributed by atoms with E-state index in [4.69, 9.17) is 15.2 Å². The number of nitrogens with zero attached hydrogens (tertiary/aromatic N) is 1. The summed E-state index contributed by atoms with van der Waals surface area (Å²) in [6.07, 6.45) is 3.42. The van der Waals surface area contributed by atoms with Gasteiger partial charge in [-0.3, -0.25) is 9.69 Å². The highest BCUT2D eigenvalue weighted by molar-refractivity contribution is 5.79. The van der Waals surface area contributed by atoms with Crippen molar-refractivity contribution in [3.8, 4) is 0 Å². The maximum Gasteiger partial charge on any atom is 0.247 e. The van der Waals surface area contributed by atoms with Crippen LogP contribution in [0, 0.1) is 0 Å². The topological polar surface area (TPSA) is 64.8 Å². The van der Waals surface area contributed by atoms with Gasteiger partial charge < -0.3 is 15.2 Å². The molecular weight excluding hydrogens is 220 g/mol. The molecule has 0 bridgehead atoms. The first-order chi connectivity index (χ1) is 8.15. The smallest absolute Gasteiger partial charge is 0.247 e. The van der Waals surface area contributed by atoms with Crippen molar-refractivity contribution in [2.45, 2.75) is 44.5 Å². The number of primary amides is 1. The summed E-state index contributed by atoms with van der Waals surface area (Å²) in [7, 11) is 0. The third-order valence-electron chi connectivity index (χ3n) is 3.39. The highest BCUT2D eigenvalue weighted by Gasteiger charge is 2.30. The average molecular weight is 242 g/mol. The number of hydrogen-bond donors (Lipinski definition) is 1. The Balaban J connectivity index is 1.84. The van der Waals surface area contributed by atoms with Crippen LogP contribution in [0.4, 0.5) is 0 Å². The van der Waals surface area contributed by atoms with Crippen molar-refractivity contribution in [3.05, 3.63) is 0 Å². The van der Waals surface area contributed by atoms with Crippen LogP contribution in [0.25, 0.3) is 0 Å². The molecule has 2 heterocycles. The van der Waals surface area contributed by atoms with Crippen molar-refractivity contribution in [1.29, 1.82) is 0 Å². The molecule has 98 valence electrons. The van der Waals surface area contributed by atoms with Gasteiger partial charge in [0.25, 0.3) is 0 Å². The third kappa shape index (κ3) is 3.66. The molecule has 2 saturated heterocycles. The Morgan fingerprint density at radius 3 is 2.88 bits per heavy atom. The highest BCUT2D eigenvalue weighted by atomic mass is 16.5. The zero-order chi connectivity index (χ0) is 12.3. The normalized spacial score (nSPS) is 35.7. The lowest BCUT2D eigenvalue weighted by molar-refractivity contribution is -0.144. The second kappa shape index (κ2) is 5.80. The summed E-state index contributed by atoms with van der Waals surface area (Å²) in [6.45, 7) is 5.17. The third-order valence-corrected chi connectivity index (χ3v) is 3.39. The van der Waals surface area contributed by atoms with Crippen LogP contribution in [-0.4, -0.2) is 55.4 Å². The van der Waals surface area contributed by atoms with E-state index in [0.717, 1.165) is 26.1 Å². The molecule has 0 aromatic carbocycles. The summed E-state index contributed by atoms with van der Waals surface area (Å²) in [6, 6.07) is 0. The Bertz CT molecular complexity index is 266. The van der Waals surface area contributed by atoms with Gasteiger partial charge in [-0.1, -0.05) is 0 Å². The monoisotopic (exact) mass is 242 g/mol. The summed E-state index contributed by atoms with van der Waals surface area (Å²) in [5.41, 5.74) is 5.30. The first kappa shape index (κ1) is 12.8. The fraction of sp³-hybridized carbons (Fsp3) is 0.917. The lowest BCUT2D eigenvalue weighted by Gasteiger charge is -2.37. The van der Waals surface area contributed by atoms with E-state index in [1.807, 2.05) is 6.92 Å². The van der Waals surface area contributed by atoms with Gasteiger partial charge in [0.15, 0.2) is 0 Å².